The summed E-state index contributed by atoms with van der Waals surface area (Å²) >= 11 is 0. The summed E-state index contributed by atoms with van der Waals surface area (Å²) < 4.78 is 42.6. The Morgan fingerprint density at radius 3 is 1.95 bits per heavy atom. The van der Waals surface area contributed by atoms with Crippen molar-refractivity contribution in [2.24, 2.45) is 0 Å². The van der Waals surface area contributed by atoms with Crippen molar-refractivity contribution in [1.82, 2.24) is 10.2 Å². The highest BCUT2D eigenvalue weighted by Gasteiger charge is 2.33. The summed E-state index contributed by atoms with van der Waals surface area (Å²) in [6.07, 6.45) is 0. The summed E-state index contributed by atoms with van der Waals surface area (Å²) in [5.41, 5.74) is 2.98. The van der Waals surface area contributed by atoms with E-state index in [0.29, 0.717) is 11.3 Å². The lowest BCUT2D eigenvalue weighted by atomic mass is 10.1. The molecule has 1 N–H and O–H groups in total. The number of sulfonamides is 1. The number of carbonyl (C=O) groups excluding carboxylic acids is 2. The van der Waals surface area contributed by atoms with Gasteiger partial charge >= 0.3 is 0 Å². The highest BCUT2D eigenvalue weighted by molar-refractivity contribution is 7.92. The van der Waals surface area contributed by atoms with Gasteiger partial charge in [0.2, 0.25) is 11.8 Å². The summed E-state index contributed by atoms with van der Waals surface area (Å²) in [5, 5.41) is 2.89. The molecule has 3 rings (SSSR count). The Labute approximate surface area is 237 Å². The number of benzene rings is 3. The first-order valence-electron chi connectivity index (χ1n) is 13.1. The fraction of sp³-hybridized carbons (Fsp3) is 0.355. The van der Waals surface area contributed by atoms with E-state index in [1.54, 1.807) is 31.2 Å². The van der Waals surface area contributed by atoms with Crippen LogP contribution in [0.15, 0.2) is 71.6 Å². The van der Waals surface area contributed by atoms with Gasteiger partial charge in [0.15, 0.2) is 0 Å². The van der Waals surface area contributed by atoms with Gasteiger partial charge in [0.25, 0.3) is 10.0 Å². The van der Waals surface area contributed by atoms with Gasteiger partial charge in [0.1, 0.15) is 18.4 Å². The van der Waals surface area contributed by atoms with Gasteiger partial charge < -0.3 is 10.2 Å². The third kappa shape index (κ3) is 7.91. The van der Waals surface area contributed by atoms with Crippen LogP contribution in [0.25, 0.3) is 0 Å². The van der Waals surface area contributed by atoms with E-state index in [-0.39, 0.29) is 17.3 Å². The molecule has 0 fully saturated rings. The number of nitrogens with one attached hydrogen (secondary N) is 1. The zero-order chi connectivity index (χ0) is 29.8. The summed E-state index contributed by atoms with van der Waals surface area (Å²) in [6, 6.07) is 16.5. The molecule has 0 saturated heterocycles. The Morgan fingerprint density at radius 1 is 0.875 bits per heavy atom. The second-order valence-corrected chi connectivity index (χ2v) is 13.1. The molecule has 7 nitrogen and oxygen atoms in total. The molecule has 0 radical (unpaired) electrons. The Balaban J connectivity index is 2.07. The van der Waals surface area contributed by atoms with Crippen LogP contribution >= 0.6 is 0 Å². The smallest absolute Gasteiger partial charge is 0.264 e. The Kier molecular flexibility index (Phi) is 9.40. The number of rotatable bonds is 9. The van der Waals surface area contributed by atoms with E-state index >= 15 is 0 Å². The predicted molar refractivity (Wildman–Crippen MR) is 156 cm³/mol. The van der Waals surface area contributed by atoms with E-state index in [2.05, 4.69) is 5.32 Å². The van der Waals surface area contributed by atoms with Crippen LogP contribution in [0.4, 0.5) is 10.1 Å². The molecule has 9 heteroatoms. The number of hydrogen-bond acceptors (Lipinski definition) is 4. The van der Waals surface area contributed by atoms with Gasteiger partial charge in [0, 0.05) is 12.1 Å². The molecule has 3 aromatic carbocycles. The Bertz CT molecular complexity index is 1440. The van der Waals surface area contributed by atoms with E-state index < -0.39 is 39.9 Å². The van der Waals surface area contributed by atoms with Crippen molar-refractivity contribution >= 4 is 27.5 Å². The van der Waals surface area contributed by atoms with E-state index in [0.717, 1.165) is 21.0 Å². The molecule has 0 aliphatic rings. The largest absolute Gasteiger partial charge is 0.350 e. The lowest BCUT2D eigenvalue weighted by molar-refractivity contribution is -0.140. The van der Waals surface area contributed by atoms with Crippen molar-refractivity contribution in [2.45, 2.75) is 71.5 Å². The average molecular weight is 568 g/mol. The molecule has 0 aliphatic heterocycles. The molecular formula is C31H38FN3O4S. The molecule has 40 heavy (non-hydrogen) atoms. The van der Waals surface area contributed by atoms with Crippen molar-refractivity contribution in [3.8, 4) is 0 Å². The van der Waals surface area contributed by atoms with E-state index in [9.17, 15) is 22.4 Å². The van der Waals surface area contributed by atoms with Crippen molar-refractivity contribution in [3.63, 3.8) is 0 Å². The highest BCUT2D eigenvalue weighted by atomic mass is 32.2. The standard InChI is InChI=1S/C31H38FN3O4S/c1-21-8-14-28(15-9-21)40(38,39)35(27-17-22(2)16-23(3)18-27)20-29(36)34(19-25-10-12-26(32)13-11-25)24(4)30(37)33-31(5,6)7/h8-18,24H,19-20H2,1-7H3,(H,33,37). The maximum atomic E-state index is 14.0. The molecule has 1 atom stereocenters. The van der Waals surface area contributed by atoms with Crippen LogP contribution in [-0.2, 0) is 26.2 Å². The maximum Gasteiger partial charge on any atom is 0.264 e. The molecule has 0 heterocycles. The fourth-order valence-corrected chi connectivity index (χ4v) is 5.70. The minimum absolute atomic E-state index is 0.0108. The van der Waals surface area contributed by atoms with Gasteiger partial charge in [-0.15, -0.1) is 0 Å². The zero-order valence-corrected chi connectivity index (χ0v) is 25.0. The van der Waals surface area contributed by atoms with Gasteiger partial charge in [-0.2, -0.15) is 0 Å². The molecule has 0 saturated carbocycles. The van der Waals surface area contributed by atoms with Crippen molar-refractivity contribution in [1.29, 1.82) is 0 Å². The first kappa shape index (κ1) is 30.8. The summed E-state index contributed by atoms with van der Waals surface area (Å²) in [5.74, 6) is -1.39. The Hall–Kier alpha value is -3.72. The molecule has 1 unspecified atom stereocenters. The maximum absolute atomic E-state index is 14.0. The molecule has 2 amide bonds. The number of anilines is 1. The predicted octanol–water partition coefficient (Wildman–Crippen LogP) is 5.28. The summed E-state index contributed by atoms with van der Waals surface area (Å²) in [7, 11) is -4.15. The van der Waals surface area contributed by atoms with Gasteiger partial charge in [-0.1, -0.05) is 35.9 Å². The normalized spacial score (nSPS) is 12.5. The fourth-order valence-electron chi connectivity index (χ4n) is 4.30. The van der Waals surface area contributed by atoms with Gasteiger partial charge in [0.05, 0.1) is 10.6 Å². The monoisotopic (exact) mass is 567 g/mol. The highest BCUT2D eigenvalue weighted by Crippen LogP contribution is 2.27. The SMILES string of the molecule is Cc1ccc(S(=O)(=O)N(CC(=O)N(Cc2ccc(F)cc2)C(C)C(=O)NC(C)(C)C)c2cc(C)cc(C)c2)cc1. The lowest BCUT2D eigenvalue weighted by Crippen LogP contribution is -2.54. The van der Waals surface area contributed by atoms with Crippen LogP contribution in [0.3, 0.4) is 0 Å². The molecule has 0 bridgehead atoms. The quantitative estimate of drug-likeness (QED) is 0.381. The zero-order valence-electron chi connectivity index (χ0n) is 24.2. The first-order chi connectivity index (χ1) is 18.6. The molecule has 0 spiro atoms. The number of carbonyl (C=O) groups is 2. The van der Waals surface area contributed by atoms with Crippen LogP contribution < -0.4 is 9.62 Å². The van der Waals surface area contributed by atoms with Crippen molar-refractivity contribution < 1.29 is 22.4 Å². The van der Waals surface area contributed by atoms with Gasteiger partial charge in [-0.3, -0.25) is 13.9 Å². The van der Waals surface area contributed by atoms with Crippen molar-refractivity contribution in [2.75, 3.05) is 10.8 Å². The van der Waals surface area contributed by atoms with E-state index in [1.807, 2.05) is 47.6 Å². The van der Waals surface area contributed by atoms with Crippen LogP contribution in [0.1, 0.15) is 49.9 Å². The summed E-state index contributed by atoms with van der Waals surface area (Å²) in [4.78, 5) is 28.5. The second kappa shape index (κ2) is 12.2. The topological polar surface area (TPSA) is 86.8 Å². The minimum Gasteiger partial charge on any atom is -0.350 e. The molecular weight excluding hydrogens is 529 g/mol. The first-order valence-corrected chi connectivity index (χ1v) is 14.5. The number of aryl methyl sites for hydroxylation is 3. The van der Waals surface area contributed by atoms with Crippen LogP contribution in [-0.4, -0.2) is 43.3 Å². The van der Waals surface area contributed by atoms with Gasteiger partial charge in [-0.25, -0.2) is 12.8 Å². The third-order valence-corrected chi connectivity index (χ3v) is 8.10. The van der Waals surface area contributed by atoms with Crippen LogP contribution in [0.2, 0.25) is 0 Å². The number of halogens is 1. The average Bonchev–Trinajstić information content (AvgIpc) is 2.85. The van der Waals surface area contributed by atoms with Crippen molar-refractivity contribution in [3.05, 3.63) is 94.8 Å². The van der Waals surface area contributed by atoms with Gasteiger partial charge in [-0.05, 0) is 102 Å². The number of amides is 2. The number of nitrogens with zero attached hydrogens (tertiary/aromatic N) is 2. The lowest BCUT2D eigenvalue weighted by Gasteiger charge is -2.33. The third-order valence-electron chi connectivity index (χ3n) is 6.31. The molecule has 3 aromatic rings. The molecule has 0 aromatic heterocycles. The molecule has 0 aliphatic carbocycles. The molecule has 214 valence electrons. The second-order valence-electron chi connectivity index (χ2n) is 11.2. The van der Waals surface area contributed by atoms with E-state index in [4.69, 9.17) is 0 Å². The minimum atomic E-state index is -4.15. The van der Waals surface area contributed by atoms with Crippen LogP contribution in [0, 0.1) is 26.6 Å². The number of hydrogen-bond donors (Lipinski definition) is 1. The summed E-state index contributed by atoms with van der Waals surface area (Å²) in [6.45, 7) is 12.1. The van der Waals surface area contributed by atoms with E-state index in [1.165, 1.54) is 41.3 Å². The Morgan fingerprint density at radius 2 is 1.43 bits per heavy atom. The van der Waals surface area contributed by atoms with Crippen LogP contribution in [0.5, 0.6) is 0 Å².